The number of sulfone groups is 1. The zero-order valence-corrected chi connectivity index (χ0v) is 16.1. The molecule has 1 N–H and O–H groups in total. The summed E-state index contributed by atoms with van der Waals surface area (Å²) in [4.78, 5) is 4.79. The molecule has 1 unspecified atom stereocenters. The van der Waals surface area contributed by atoms with Crippen LogP contribution in [0.4, 0.5) is 0 Å². The summed E-state index contributed by atoms with van der Waals surface area (Å²) in [6.45, 7) is 3.39. The van der Waals surface area contributed by atoms with Gasteiger partial charge in [0.15, 0.2) is 9.84 Å². The number of aromatic nitrogens is 3. The Bertz CT molecular complexity index is 906. The Hall–Kier alpha value is -1.73. The zero-order chi connectivity index (χ0) is 18.2. The van der Waals surface area contributed by atoms with Gasteiger partial charge in [-0.2, -0.15) is 5.10 Å². The maximum Gasteiger partial charge on any atom is 0.152 e. The molecule has 140 valence electrons. The molecule has 0 aromatic carbocycles. The number of aryl methyl sites for hydroxylation is 2. The smallest absolute Gasteiger partial charge is 0.152 e. The average Bonchev–Trinajstić information content (AvgIpc) is 3.20. The fourth-order valence-corrected chi connectivity index (χ4v) is 6.10. The van der Waals surface area contributed by atoms with Gasteiger partial charge in [0.25, 0.3) is 0 Å². The molecular weight excluding hydrogens is 348 g/mol. The van der Waals surface area contributed by atoms with Crippen LogP contribution in [-0.4, -0.2) is 34.7 Å². The topological polar surface area (TPSA) is 76.9 Å². The Morgan fingerprint density at radius 3 is 2.88 bits per heavy atom. The molecule has 1 atom stereocenters. The first-order chi connectivity index (χ1) is 12.4. The van der Waals surface area contributed by atoms with Gasteiger partial charge in [-0.05, 0) is 50.7 Å². The highest BCUT2D eigenvalue weighted by atomic mass is 32.2. The van der Waals surface area contributed by atoms with Crippen molar-refractivity contribution >= 4 is 9.84 Å². The molecule has 4 rings (SSSR count). The molecule has 1 fully saturated rings. The molecule has 0 amide bonds. The van der Waals surface area contributed by atoms with Crippen LogP contribution < -0.4 is 5.32 Å². The van der Waals surface area contributed by atoms with Crippen LogP contribution in [0.5, 0.6) is 0 Å². The summed E-state index contributed by atoms with van der Waals surface area (Å²) in [5, 5.41) is 7.84. The van der Waals surface area contributed by atoms with E-state index in [4.69, 9.17) is 4.98 Å². The molecular formula is C19H26N4O2S. The molecule has 2 aliphatic rings. The van der Waals surface area contributed by atoms with Gasteiger partial charge < -0.3 is 5.32 Å². The molecule has 2 aromatic heterocycles. The molecule has 3 heterocycles. The lowest BCUT2D eigenvalue weighted by atomic mass is 9.96. The van der Waals surface area contributed by atoms with Gasteiger partial charge >= 0.3 is 0 Å². The van der Waals surface area contributed by atoms with Crippen molar-refractivity contribution in [2.75, 3.05) is 11.5 Å². The van der Waals surface area contributed by atoms with Crippen LogP contribution in [0.25, 0.3) is 0 Å². The fourth-order valence-electron chi connectivity index (χ4n) is 3.98. The molecule has 0 radical (unpaired) electrons. The highest BCUT2D eigenvalue weighted by molar-refractivity contribution is 7.91. The lowest BCUT2D eigenvalue weighted by Gasteiger charge is -2.22. The first kappa shape index (κ1) is 17.7. The Morgan fingerprint density at radius 1 is 1.23 bits per heavy atom. The van der Waals surface area contributed by atoms with Crippen molar-refractivity contribution in [3.8, 4) is 0 Å². The largest absolute Gasteiger partial charge is 0.307 e. The third kappa shape index (κ3) is 3.69. The van der Waals surface area contributed by atoms with Crippen molar-refractivity contribution < 1.29 is 8.42 Å². The van der Waals surface area contributed by atoms with E-state index in [1.807, 2.05) is 24.0 Å². The predicted octanol–water partition coefficient (Wildman–Crippen LogP) is 1.98. The lowest BCUT2D eigenvalue weighted by Crippen LogP contribution is -2.31. The van der Waals surface area contributed by atoms with Crippen LogP contribution in [0.3, 0.4) is 0 Å². The van der Waals surface area contributed by atoms with Gasteiger partial charge in [0, 0.05) is 30.5 Å². The van der Waals surface area contributed by atoms with E-state index in [0.717, 1.165) is 30.6 Å². The van der Waals surface area contributed by atoms with Crippen LogP contribution in [0.2, 0.25) is 0 Å². The molecule has 1 aliphatic heterocycles. The highest BCUT2D eigenvalue weighted by Gasteiger charge is 2.40. The third-order valence-corrected chi connectivity index (χ3v) is 7.43. The Morgan fingerprint density at radius 2 is 2.08 bits per heavy atom. The van der Waals surface area contributed by atoms with Crippen molar-refractivity contribution in [2.45, 2.75) is 57.7 Å². The normalized spacial score (nSPS) is 24.5. The summed E-state index contributed by atoms with van der Waals surface area (Å²) in [5.41, 5.74) is 4.39. The Kier molecular flexibility index (Phi) is 4.61. The van der Waals surface area contributed by atoms with E-state index in [1.54, 1.807) is 0 Å². The number of pyridine rings is 1. The minimum absolute atomic E-state index is 0.174. The molecule has 0 spiro atoms. The SMILES string of the molecule is CC1(n2cc(CNCc3ccc4c(n3)CCCC4)cn2)CCS(=O)(=O)C1. The monoisotopic (exact) mass is 374 g/mol. The summed E-state index contributed by atoms with van der Waals surface area (Å²) >= 11 is 0. The van der Waals surface area contributed by atoms with E-state index in [1.165, 1.54) is 24.1 Å². The van der Waals surface area contributed by atoms with Crippen molar-refractivity contribution in [1.82, 2.24) is 20.1 Å². The molecule has 0 saturated carbocycles. The van der Waals surface area contributed by atoms with Gasteiger partial charge in [0.2, 0.25) is 0 Å². The number of fused-ring (bicyclic) bond motifs is 1. The van der Waals surface area contributed by atoms with Gasteiger partial charge in [-0.3, -0.25) is 9.67 Å². The number of rotatable bonds is 5. The summed E-state index contributed by atoms with van der Waals surface area (Å²) in [6.07, 6.45) is 9.18. The third-order valence-electron chi connectivity index (χ3n) is 5.54. The van der Waals surface area contributed by atoms with E-state index in [2.05, 4.69) is 22.5 Å². The molecule has 6 nitrogen and oxygen atoms in total. The van der Waals surface area contributed by atoms with Crippen LogP contribution in [-0.2, 0) is 41.3 Å². The average molecular weight is 375 g/mol. The maximum atomic E-state index is 11.8. The zero-order valence-electron chi connectivity index (χ0n) is 15.2. The molecule has 2 aromatic rings. The van der Waals surface area contributed by atoms with Gasteiger partial charge in [0.05, 0.1) is 28.9 Å². The number of nitrogens with one attached hydrogen (secondary N) is 1. The van der Waals surface area contributed by atoms with E-state index in [-0.39, 0.29) is 11.5 Å². The molecule has 1 aliphatic carbocycles. The summed E-state index contributed by atoms with van der Waals surface area (Å²) in [5.74, 6) is 0.425. The van der Waals surface area contributed by atoms with E-state index in [9.17, 15) is 8.42 Å². The quantitative estimate of drug-likeness (QED) is 0.866. The minimum Gasteiger partial charge on any atom is -0.307 e. The van der Waals surface area contributed by atoms with E-state index in [0.29, 0.717) is 13.0 Å². The van der Waals surface area contributed by atoms with Crippen LogP contribution in [0.1, 0.15) is 48.7 Å². The van der Waals surface area contributed by atoms with Crippen molar-refractivity contribution in [3.63, 3.8) is 0 Å². The predicted molar refractivity (Wildman–Crippen MR) is 101 cm³/mol. The molecule has 7 heteroatoms. The van der Waals surface area contributed by atoms with E-state index >= 15 is 0 Å². The van der Waals surface area contributed by atoms with Gasteiger partial charge in [-0.1, -0.05) is 6.07 Å². The number of nitrogens with zero attached hydrogens (tertiary/aromatic N) is 3. The first-order valence-corrected chi connectivity index (χ1v) is 11.2. The molecule has 0 bridgehead atoms. The fraction of sp³-hybridized carbons (Fsp3) is 0.579. The van der Waals surface area contributed by atoms with Gasteiger partial charge in [0.1, 0.15) is 0 Å². The number of hydrogen-bond acceptors (Lipinski definition) is 5. The van der Waals surface area contributed by atoms with Crippen LogP contribution >= 0.6 is 0 Å². The second-order valence-corrected chi connectivity index (χ2v) is 10.0. The lowest BCUT2D eigenvalue weighted by molar-refractivity contribution is 0.328. The molecule has 1 saturated heterocycles. The maximum absolute atomic E-state index is 11.8. The summed E-state index contributed by atoms with van der Waals surface area (Å²) < 4.78 is 25.4. The molecule has 26 heavy (non-hydrogen) atoms. The van der Waals surface area contributed by atoms with E-state index < -0.39 is 15.4 Å². The second-order valence-electron chi connectivity index (χ2n) is 7.85. The van der Waals surface area contributed by atoms with Gasteiger partial charge in [-0.15, -0.1) is 0 Å². The van der Waals surface area contributed by atoms with Crippen molar-refractivity contribution in [1.29, 1.82) is 0 Å². The standard InChI is InChI=1S/C19H26N4O2S/c1-19(8-9-26(24,25)14-19)23-13-15(11-21-23)10-20-12-17-7-6-16-4-2-3-5-18(16)22-17/h6-7,11,13,20H,2-5,8-10,12,14H2,1H3. The number of hydrogen-bond donors (Lipinski definition) is 1. The van der Waals surface area contributed by atoms with Crippen molar-refractivity contribution in [2.24, 2.45) is 0 Å². The van der Waals surface area contributed by atoms with Crippen LogP contribution in [0, 0.1) is 0 Å². The Balaban J connectivity index is 1.35. The minimum atomic E-state index is -2.94. The van der Waals surface area contributed by atoms with Gasteiger partial charge in [-0.25, -0.2) is 8.42 Å². The first-order valence-electron chi connectivity index (χ1n) is 9.36. The Labute approximate surface area is 154 Å². The highest BCUT2D eigenvalue weighted by Crippen LogP contribution is 2.30. The summed E-state index contributed by atoms with van der Waals surface area (Å²) in [6, 6.07) is 4.34. The van der Waals surface area contributed by atoms with Crippen molar-refractivity contribution in [3.05, 3.63) is 47.0 Å². The van der Waals surface area contributed by atoms with Crippen LogP contribution in [0.15, 0.2) is 24.5 Å². The summed E-state index contributed by atoms with van der Waals surface area (Å²) in [7, 11) is -2.94. The second kappa shape index (κ2) is 6.78.